The summed E-state index contributed by atoms with van der Waals surface area (Å²) >= 11 is 0. The lowest BCUT2D eigenvalue weighted by atomic mass is 10.3. The van der Waals surface area contributed by atoms with Gasteiger partial charge in [-0.3, -0.25) is 4.90 Å². The molecule has 0 saturated carbocycles. The molecule has 0 radical (unpaired) electrons. The number of aromatic nitrogens is 1. The van der Waals surface area contributed by atoms with Gasteiger partial charge in [-0.05, 0) is 27.9 Å². The van der Waals surface area contributed by atoms with E-state index < -0.39 is 10.0 Å². The molecule has 0 bridgehead atoms. The van der Waals surface area contributed by atoms with Crippen molar-refractivity contribution < 1.29 is 12.9 Å². The van der Waals surface area contributed by atoms with Crippen LogP contribution in [0.1, 0.15) is 11.5 Å². The van der Waals surface area contributed by atoms with Gasteiger partial charge in [-0.2, -0.15) is 4.31 Å². The number of sulfonamides is 1. The molecule has 2 heterocycles. The van der Waals surface area contributed by atoms with Gasteiger partial charge < -0.3 is 9.42 Å². The Morgan fingerprint density at radius 3 is 2.29 bits per heavy atom. The van der Waals surface area contributed by atoms with Gasteiger partial charge in [-0.25, -0.2) is 8.42 Å². The second-order valence-electron chi connectivity index (χ2n) is 5.70. The highest BCUT2D eigenvalue weighted by atomic mass is 32.2. The minimum absolute atomic E-state index is 0.226. The van der Waals surface area contributed by atoms with Gasteiger partial charge in [0.25, 0.3) is 0 Å². The molecule has 1 aromatic heterocycles. The molecule has 0 amide bonds. The summed E-state index contributed by atoms with van der Waals surface area (Å²) in [5.74, 6) is 0.363. The monoisotopic (exact) mass is 316 g/mol. The zero-order valence-corrected chi connectivity index (χ0v) is 14.0. The second kappa shape index (κ2) is 6.43. The molecule has 120 valence electrons. The first kappa shape index (κ1) is 16.4. The van der Waals surface area contributed by atoms with Crippen LogP contribution in [0, 0.1) is 13.8 Å². The third-order valence-electron chi connectivity index (χ3n) is 3.76. The second-order valence-corrected chi connectivity index (χ2v) is 7.58. The Labute approximate surface area is 126 Å². The summed E-state index contributed by atoms with van der Waals surface area (Å²) < 4.78 is 31.8. The zero-order valence-electron chi connectivity index (χ0n) is 13.2. The molecule has 21 heavy (non-hydrogen) atoms. The van der Waals surface area contributed by atoms with Gasteiger partial charge in [-0.1, -0.05) is 5.16 Å². The summed E-state index contributed by atoms with van der Waals surface area (Å²) in [5, 5.41) is 3.74. The molecule has 1 saturated heterocycles. The summed E-state index contributed by atoms with van der Waals surface area (Å²) in [6.45, 7) is 7.80. The number of nitrogens with zero attached hydrogens (tertiary/aromatic N) is 4. The molecule has 0 aromatic carbocycles. The smallest absolute Gasteiger partial charge is 0.248 e. The highest BCUT2D eigenvalue weighted by Gasteiger charge is 2.33. The quantitative estimate of drug-likeness (QED) is 0.771. The molecular weight excluding hydrogens is 292 g/mol. The van der Waals surface area contributed by atoms with Crippen molar-refractivity contribution in [2.75, 3.05) is 53.4 Å². The minimum Gasteiger partial charge on any atom is -0.360 e. The predicted molar refractivity (Wildman–Crippen MR) is 79.7 cm³/mol. The van der Waals surface area contributed by atoms with Crippen LogP contribution in [0.5, 0.6) is 0 Å². The van der Waals surface area contributed by atoms with Crippen LogP contribution in [0.15, 0.2) is 9.42 Å². The largest absolute Gasteiger partial charge is 0.360 e. The van der Waals surface area contributed by atoms with Crippen LogP contribution in [0.3, 0.4) is 0 Å². The Hall–Kier alpha value is -0.960. The van der Waals surface area contributed by atoms with E-state index in [1.165, 1.54) is 4.31 Å². The lowest BCUT2D eigenvalue weighted by Crippen LogP contribution is -2.49. The maximum atomic E-state index is 12.7. The molecule has 0 aliphatic carbocycles. The fourth-order valence-corrected chi connectivity index (χ4v) is 4.22. The first-order chi connectivity index (χ1) is 9.82. The van der Waals surface area contributed by atoms with E-state index in [1.54, 1.807) is 13.8 Å². The summed E-state index contributed by atoms with van der Waals surface area (Å²) in [6, 6.07) is 0. The summed E-state index contributed by atoms with van der Waals surface area (Å²) in [6.07, 6.45) is 0. The number of rotatable bonds is 5. The normalized spacial score (nSPS) is 18.5. The van der Waals surface area contributed by atoms with Gasteiger partial charge in [0.05, 0.1) is 0 Å². The van der Waals surface area contributed by atoms with Crippen molar-refractivity contribution in [2.24, 2.45) is 0 Å². The highest BCUT2D eigenvalue weighted by Crippen LogP contribution is 2.24. The average Bonchev–Trinajstić information content (AvgIpc) is 2.77. The minimum atomic E-state index is -3.49. The van der Waals surface area contributed by atoms with Crippen molar-refractivity contribution in [3.05, 3.63) is 11.5 Å². The summed E-state index contributed by atoms with van der Waals surface area (Å²) in [5.41, 5.74) is 0.433. The molecule has 0 N–H and O–H groups in total. The number of hydrogen-bond acceptors (Lipinski definition) is 6. The van der Waals surface area contributed by atoms with E-state index in [0.717, 1.165) is 26.2 Å². The number of piperazine rings is 1. The summed E-state index contributed by atoms with van der Waals surface area (Å²) in [4.78, 5) is 4.65. The van der Waals surface area contributed by atoms with Gasteiger partial charge >= 0.3 is 0 Å². The lowest BCUT2D eigenvalue weighted by Gasteiger charge is -2.34. The maximum Gasteiger partial charge on any atom is 0.248 e. The van der Waals surface area contributed by atoms with Crippen LogP contribution in [-0.4, -0.2) is 81.0 Å². The van der Waals surface area contributed by atoms with Gasteiger partial charge in [0.1, 0.15) is 10.6 Å². The molecule has 7 nitrogen and oxygen atoms in total. The van der Waals surface area contributed by atoms with Gasteiger partial charge in [-0.15, -0.1) is 0 Å². The molecule has 2 rings (SSSR count). The van der Waals surface area contributed by atoms with Crippen molar-refractivity contribution in [2.45, 2.75) is 18.7 Å². The fraction of sp³-hybridized carbons (Fsp3) is 0.769. The number of likely N-dealkylation sites (N-methyl/N-ethyl adjacent to an activating group) is 1. The zero-order chi connectivity index (χ0) is 15.6. The van der Waals surface area contributed by atoms with E-state index in [1.807, 2.05) is 14.1 Å². The first-order valence-corrected chi connectivity index (χ1v) is 8.56. The van der Waals surface area contributed by atoms with Crippen molar-refractivity contribution >= 4 is 10.0 Å². The van der Waals surface area contributed by atoms with Crippen molar-refractivity contribution in [3.63, 3.8) is 0 Å². The predicted octanol–water partition coefficient (Wildman–Crippen LogP) is 0.159. The molecule has 0 unspecified atom stereocenters. The van der Waals surface area contributed by atoms with Gasteiger partial charge in [0.2, 0.25) is 10.0 Å². The first-order valence-electron chi connectivity index (χ1n) is 7.12. The van der Waals surface area contributed by atoms with Crippen LogP contribution in [0.25, 0.3) is 0 Å². The Bertz CT molecular complexity index is 555. The van der Waals surface area contributed by atoms with Crippen molar-refractivity contribution in [3.8, 4) is 0 Å². The number of hydrogen-bond donors (Lipinski definition) is 0. The summed E-state index contributed by atoms with van der Waals surface area (Å²) in [7, 11) is 0.585. The third kappa shape index (κ3) is 3.63. The van der Waals surface area contributed by atoms with Crippen LogP contribution in [0.2, 0.25) is 0 Å². The van der Waals surface area contributed by atoms with E-state index in [4.69, 9.17) is 4.52 Å². The lowest BCUT2D eigenvalue weighted by molar-refractivity contribution is 0.174. The number of aryl methyl sites for hydroxylation is 2. The third-order valence-corrected chi connectivity index (χ3v) is 5.90. The molecule has 0 spiro atoms. The van der Waals surface area contributed by atoms with Crippen LogP contribution < -0.4 is 0 Å². The van der Waals surface area contributed by atoms with Crippen LogP contribution >= 0.6 is 0 Å². The molecular formula is C13H24N4O3S. The SMILES string of the molecule is Cc1noc(C)c1S(=O)(=O)N1CCN(CCN(C)C)CC1. The topological polar surface area (TPSA) is 69.9 Å². The average molecular weight is 316 g/mol. The van der Waals surface area contributed by atoms with E-state index in [2.05, 4.69) is 15.0 Å². The standard InChI is InChI=1S/C13H24N4O3S/c1-11-13(12(2)20-14-11)21(18,19)17-9-7-16(8-10-17)6-5-15(3)4/h5-10H2,1-4H3. The highest BCUT2D eigenvalue weighted by molar-refractivity contribution is 7.89. The van der Waals surface area contributed by atoms with E-state index in [0.29, 0.717) is 24.5 Å². The molecule has 1 aliphatic rings. The molecule has 1 fully saturated rings. The Kier molecular flexibility index (Phi) is 5.03. The Morgan fingerprint density at radius 2 is 1.81 bits per heavy atom. The van der Waals surface area contributed by atoms with Crippen molar-refractivity contribution in [1.82, 2.24) is 19.3 Å². The van der Waals surface area contributed by atoms with E-state index in [9.17, 15) is 8.42 Å². The van der Waals surface area contributed by atoms with E-state index in [-0.39, 0.29) is 4.90 Å². The van der Waals surface area contributed by atoms with Crippen molar-refractivity contribution in [1.29, 1.82) is 0 Å². The molecule has 0 atom stereocenters. The van der Waals surface area contributed by atoms with Crippen LogP contribution in [-0.2, 0) is 10.0 Å². The molecule has 1 aliphatic heterocycles. The van der Waals surface area contributed by atoms with Crippen LogP contribution in [0.4, 0.5) is 0 Å². The Balaban J connectivity index is 2.02. The van der Waals surface area contributed by atoms with E-state index >= 15 is 0 Å². The Morgan fingerprint density at radius 1 is 1.19 bits per heavy atom. The molecule has 8 heteroatoms. The maximum absolute atomic E-state index is 12.7. The molecule has 1 aromatic rings. The van der Waals surface area contributed by atoms with Gasteiger partial charge in [0.15, 0.2) is 5.76 Å². The van der Waals surface area contributed by atoms with Gasteiger partial charge in [0, 0.05) is 39.3 Å². The fourth-order valence-electron chi connectivity index (χ4n) is 2.51.